The summed E-state index contributed by atoms with van der Waals surface area (Å²) in [6.45, 7) is 4.10. The molecule has 0 amide bonds. The Morgan fingerprint density at radius 1 is 1.25 bits per heavy atom. The molecule has 0 heterocycles. The number of hydrogen-bond acceptors (Lipinski definition) is 1. The molecule has 0 aliphatic rings. The van der Waals surface area contributed by atoms with E-state index in [2.05, 4.69) is 34.2 Å². The van der Waals surface area contributed by atoms with Crippen LogP contribution < -0.4 is 5.32 Å². The Labute approximate surface area is 132 Å². The molecule has 1 nitrogen and oxygen atoms in total. The summed E-state index contributed by atoms with van der Waals surface area (Å²) in [5.74, 6) is -0.258. The van der Waals surface area contributed by atoms with Crippen LogP contribution in [0.25, 0.3) is 0 Å². The van der Waals surface area contributed by atoms with E-state index in [1.54, 1.807) is 12.1 Å². The maximum atomic E-state index is 13.2. The van der Waals surface area contributed by atoms with Gasteiger partial charge in [0.15, 0.2) is 0 Å². The number of rotatable bonds is 4. The van der Waals surface area contributed by atoms with Gasteiger partial charge in [-0.2, -0.15) is 0 Å². The third kappa shape index (κ3) is 3.53. The van der Waals surface area contributed by atoms with Crippen LogP contribution in [-0.4, -0.2) is 0 Å². The second kappa shape index (κ2) is 6.59. The van der Waals surface area contributed by atoms with Crippen LogP contribution in [0.5, 0.6) is 0 Å². The van der Waals surface area contributed by atoms with Gasteiger partial charge in [0.1, 0.15) is 5.82 Å². The smallest absolute Gasteiger partial charge is 0.137 e. The van der Waals surface area contributed by atoms with E-state index in [0.717, 1.165) is 22.7 Å². The largest absolute Gasteiger partial charge is 0.378 e. The maximum absolute atomic E-state index is 13.2. The summed E-state index contributed by atoms with van der Waals surface area (Å²) in [6, 6.07) is 11.1. The lowest BCUT2D eigenvalue weighted by atomic mass is 10.0. The normalized spacial score (nSPS) is 12.2. The fraction of sp³-hybridized carbons (Fsp3) is 0.250. The minimum atomic E-state index is -0.258. The molecule has 0 bridgehead atoms. The van der Waals surface area contributed by atoms with Crippen molar-refractivity contribution in [3.63, 3.8) is 0 Å². The third-order valence-electron chi connectivity index (χ3n) is 3.25. The lowest BCUT2D eigenvalue weighted by Crippen LogP contribution is -2.10. The fourth-order valence-electron chi connectivity index (χ4n) is 2.09. The zero-order chi connectivity index (χ0) is 14.7. The number of hydrogen-bond donors (Lipinski definition) is 1. The average molecular weight is 357 g/mol. The van der Waals surface area contributed by atoms with E-state index in [9.17, 15) is 4.39 Å². The standard InChI is InChI=1S/C16H16BrClFN/c1-3-16(11-4-6-14(18)10(2)8-11)20-12-5-7-15(19)13(17)9-12/h4-9,16,20H,3H2,1-2H3/t16-/m1/s1. The SMILES string of the molecule is CC[C@@H](Nc1ccc(F)c(Br)c1)c1ccc(Cl)c(C)c1. The number of benzene rings is 2. The molecular weight excluding hydrogens is 341 g/mol. The minimum absolute atomic E-state index is 0.170. The Morgan fingerprint density at radius 2 is 2.00 bits per heavy atom. The van der Waals surface area contributed by atoms with Crippen LogP contribution in [0.4, 0.5) is 10.1 Å². The Bertz CT molecular complexity index is 615. The van der Waals surface area contributed by atoms with E-state index in [0.29, 0.717) is 4.47 Å². The summed E-state index contributed by atoms with van der Waals surface area (Å²) >= 11 is 9.26. The lowest BCUT2D eigenvalue weighted by molar-refractivity contribution is 0.621. The van der Waals surface area contributed by atoms with E-state index >= 15 is 0 Å². The van der Waals surface area contributed by atoms with Crippen LogP contribution >= 0.6 is 27.5 Å². The summed E-state index contributed by atoms with van der Waals surface area (Å²) in [5.41, 5.74) is 3.12. The van der Waals surface area contributed by atoms with E-state index in [1.807, 2.05) is 19.1 Å². The van der Waals surface area contributed by atoms with Gasteiger partial charge in [-0.1, -0.05) is 30.7 Å². The first kappa shape index (κ1) is 15.3. The first-order valence-corrected chi connectivity index (χ1v) is 7.66. The molecule has 0 aliphatic heterocycles. The molecule has 2 aromatic carbocycles. The van der Waals surface area contributed by atoms with Gasteiger partial charge in [0.25, 0.3) is 0 Å². The molecule has 0 fully saturated rings. The van der Waals surface area contributed by atoms with Crippen molar-refractivity contribution in [2.24, 2.45) is 0 Å². The van der Waals surface area contributed by atoms with Gasteiger partial charge in [-0.15, -0.1) is 0 Å². The minimum Gasteiger partial charge on any atom is -0.378 e. The molecule has 0 spiro atoms. The topological polar surface area (TPSA) is 12.0 Å². The molecule has 1 atom stereocenters. The zero-order valence-corrected chi connectivity index (χ0v) is 13.7. The number of halogens is 3. The van der Waals surface area contributed by atoms with Crippen molar-refractivity contribution in [3.05, 3.63) is 62.8 Å². The van der Waals surface area contributed by atoms with Gasteiger partial charge in [-0.25, -0.2) is 4.39 Å². The second-order valence-corrected chi connectivity index (χ2v) is 6.00. The first-order chi connectivity index (χ1) is 9.51. The van der Waals surface area contributed by atoms with Gasteiger partial charge < -0.3 is 5.32 Å². The molecule has 0 saturated heterocycles. The highest BCUT2D eigenvalue weighted by Gasteiger charge is 2.11. The Hall–Kier alpha value is -1.06. The zero-order valence-electron chi connectivity index (χ0n) is 11.4. The highest BCUT2D eigenvalue weighted by molar-refractivity contribution is 9.10. The van der Waals surface area contributed by atoms with Crippen LogP contribution in [-0.2, 0) is 0 Å². The van der Waals surface area contributed by atoms with E-state index in [1.165, 1.54) is 11.6 Å². The lowest BCUT2D eigenvalue weighted by Gasteiger charge is -2.20. The highest BCUT2D eigenvalue weighted by Crippen LogP contribution is 2.28. The van der Waals surface area contributed by atoms with Gasteiger partial charge in [-0.3, -0.25) is 0 Å². The molecule has 1 N–H and O–H groups in total. The summed E-state index contributed by atoms with van der Waals surface area (Å²) in [5, 5.41) is 4.19. The predicted octanol–water partition coefficient (Wildman–Crippen LogP) is 6.11. The number of aryl methyl sites for hydroxylation is 1. The van der Waals surface area contributed by atoms with Crippen molar-refractivity contribution in [1.29, 1.82) is 0 Å². The molecule has 106 valence electrons. The van der Waals surface area contributed by atoms with Crippen LogP contribution in [0.2, 0.25) is 5.02 Å². The molecule has 0 saturated carbocycles. The van der Waals surface area contributed by atoms with Gasteiger partial charge in [0.2, 0.25) is 0 Å². The number of nitrogens with one attached hydrogen (secondary N) is 1. The van der Waals surface area contributed by atoms with Crippen molar-refractivity contribution < 1.29 is 4.39 Å². The van der Waals surface area contributed by atoms with Crippen LogP contribution in [0, 0.1) is 12.7 Å². The van der Waals surface area contributed by atoms with Crippen molar-refractivity contribution in [2.75, 3.05) is 5.32 Å². The van der Waals surface area contributed by atoms with Crippen molar-refractivity contribution in [3.8, 4) is 0 Å². The summed E-state index contributed by atoms with van der Waals surface area (Å²) in [7, 11) is 0. The average Bonchev–Trinajstić information content (AvgIpc) is 2.43. The number of anilines is 1. The molecule has 0 aliphatic carbocycles. The Balaban J connectivity index is 2.23. The van der Waals surface area contributed by atoms with Gasteiger partial charge >= 0.3 is 0 Å². The van der Waals surface area contributed by atoms with E-state index < -0.39 is 0 Å². The van der Waals surface area contributed by atoms with Crippen LogP contribution in [0.15, 0.2) is 40.9 Å². The van der Waals surface area contributed by atoms with Crippen LogP contribution in [0.3, 0.4) is 0 Å². The predicted molar refractivity (Wildman–Crippen MR) is 86.9 cm³/mol. The first-order valence-electron chi connectivity index (χ1n) is 6.49. The fourth-order valence-corrected chi connectivity index (χ4v) is 2.59. The Kier molecular flexibility index (Phi) is 5.06. The molecule has 4 heteroatoms. The quantitative estimate of drug-likeness (QED) is 0.696. The molecule has 0 aromatic heterocycles. The summed E-state index contributed by atoms with van der Waals surface area (Å²) in [6.07, 6.45) is 0.927. The third-order valence-corrected chi connectivity index (χ3v) is 4.28. The Morgan fingerprint density at radius 3 is 2.60 bits per heavy atom. The van der Waals surface area contributed by atoms with Crippen molar-refractivity contribution in [2.45, 2.75) is 26.3 Å². The monoisotopic (exact) mass is 355 g/mol. The summed E-state index contributed by atoms with van der Waals surface area (Å²) in [4.78, 5) is 0. The maximum Gasteiger partial charge on any atom is 0.137 e. The second-order valence-electron chi connectivity index (χ2n) is 4.74. The highest BCUT2D eigenvalue weighted by atomic mass is 79.9. The summed E-state index contributed by atoms with van der Waals surface area (Å²) < 4.78 is 13.7. The van der Waals surface area contributed by atoms with E-state index in [4.69, 9.17) is 11.6 Å². The van der Waals surface area contributed by atoms with Gasteiger partial charge in [0, 0.05) is 10.7 Å². The molecule has 0 unspecified atom stereocenters. The van der Waals surface area contributed by atoms with Crippen molar-refractivity contribution in [1.82, 2.24) is 0 Å². The molecular formula is C16H16BrClFN. The molecule has 20 heavy (non-hydrogen) atoms. The van der Waals surface area contributed by atoms with Crippen LogP contribution in [0.1, 0.15) is 30.5 Å². The molecule has 0 radical (unpaired) electrons. The van der Waals surface area contributed by atoms with E-state index in [-0.39, 0.29) is 11.9 Å². The molecule has 2 aromatic rings. The molecule has 2 rings (SSSR count). The van der Waals surface area contributed by atoms with Gasteiger partial charge in [0.05, 0.1) is 10.5 Å². The van der Waals surface area contributed by atoms with Gasteiger partial charge in [-0.05, 0) is 64.7 Å². The van der Waals surface area contributed by atoms with Crippen molar-refractivity contribution >= 4 is 33.2 Å².